The van der Waals surface area contributed by atoms with Crippen LogP contribution in [-0.2, 0) is 49.5 Å². The van der Waals surface area contributed by atoms with Crippen molar-refractivity contribution in [3.05, 3.63) is 0 Å². The van der Waals surface area contributed by atoms with Crippen molar-refractivity contribution >= 4 is 23.6 Å². The minimum absolute atomic E-state index is 0.0137. The Bertz CT molecular complexity index is 466. The Morgan fingerprint density at radius 3 is 1.58 bits per heavy atom. The molecule has 33 heavy (non-hydrogen) atoms. The highest BCUT2D eigenvalue weighted by molar-refractivity contribution is 7.88. The molecule has 14 nitrogen and oxygen atoms in total. The fraction of sp³-hybridized carbons (Fsp3) is 0.889. The highest BCUT2D eigenvalue weighted by atomic mass is 32.2. The van der Waals surface area contributed by atoms with Crippen molar-refractivity contribution in [1.29, 1.82) is 0 Å². The number of nitrogens with one attached hydrogen (secondary N) is 2. The Kier molecular flexibility index (Phi) is 24.4. The van der Waals surface area contributed by atoms with Crippen molar-refractivity contribution in [2.45, 2.75) is 6.42 Å². The van der Waals surface area contributed by atoms with Gasteiger partial charge < -0.3 is 48.6 Å². The summed E-state index contributed by atoms with van der Waals surface area (Å²) < 4.78 is 52.4. The summed E-state index contributed by atoms with van der Waals surface area (Å²) >= 11 is -1.76. The predicted octanol–water partition coefficient (Wildman–Crippen LogP) is -1.59. The van der Waals surface area contributed by atoms with Gasteiger partial charge in [-0.25, -0.2) is 4.79 Å². The number of carbonyl (C=O) groups excluding carboxylic acids is 1. The zero-order valence-electron chi connectivity index (χ0n) is 18.8. The Hall–Kier alpha value is -1.27. The molecular weight excluding hydrogens is 466 g/mol. The topological polar surface area (TPSA) is 192 Å². The van der Waals surface area contributed by atoms with Crippen molar-refractivity contribution in [3.8, 4) is 0 Å². The molecular formula is C18H37N3O11S. The average Bonchev–Trinajstić information content (AvgIpc) is 2.78. The molecule has 0 aromatic carbocycles. The second kappa shape index (κ2) is 25.4. The number of carbonyl (C=O) groups is 2. The molecule has 0 aliphatic heterocycles. The number of carboxylic acids is 1. The van der Waals surface area contributed by atoms with Crippen molar-refractivity contribution < 1.29 is 52.4 Å². The molecule has 0 spiro atoms. The molecule has 0 aromatic heterocycles. The van der Waals surface area contributed by atoms with Crippen LogP contribution >= 0.6 is 0 Å². The molecule has 196 valence electrons. The van der Waals surface area contributed by atoms with Crippen molar-refractivity contribution in [2.75, 3.05) is 99.0 Å². The number of hydrogen-bond donors (Lipinski definition) is 4. The van der Waals surface area contributed by atoms with Gasteiger partial charge in [-0.2, -0.15) is 0 Å². The Labute approximate surface area is 197 Å². The van der Waals surface area contributed by atoms with E-state index in [1.54, 1.807) is 0 Å². The van der Waals surface area contributed by atoms with Gasteiger partial charge in [0.05, 0.1) is 92.2 Å². The maximum atomic E-state index is 11.5. The summed E-state index contributed by atoms with van der Waals surface area (Å²) in [5.41, 5.74) is 5.18. The van der Waals surface area contributed by atoms with Gasteiger partial charge in [-0.15, -0.1) is 9.44 Å². The lowest BCUT2D eigenvalue weighted by Crippen LogP contribution is -2.42. The molecule has 1 unspecified atom stereocenters. The third kappa shape index (κ3) is 26.9. The normalized spacial score (nSPS) is 11.9. The molecule has 0 radical (unpaired) electrons. The summed E-state index contributed by atoms with van der Waals surface area (Å²) in [6.07, 6.45) is -0.822. The molecule has 0 aromatic rings. The van der Waals surface area contributed by atoms with Crippen LogP contribution in [0.1, 0.15) is 6.42 Å². The third-order valence-corrected chi connectivity index (χ3v) is 4.15. The maximum absolute atomic E-state index is 11.5. The Morgan fingerprint density at radius 2 is 1.15 bits per heavy atom. The quantitative estimate of drug-likeness (QED) is 0.0824. The number of aliphatic carboxylic acids is 1. The van der Waals surface area contributed by atoms with Crippen LogP contribution in [0.15, 0.2) is 0 Å². The van der Waals surface area contributed by atoms with E-state index in [9.17, 15) is 14.1 Å². The molecule has 1 atom stereocenters. The highest BCUT2D eigenvalue weighted by Crippen LogP contribution is 1.87. The average molecular weight is 504 g/mol. The Balaban J connectivity index is 3.15. The third-order valence-electron chi connectivity index (χ3n) is 3.33. The molecule has 5 N–H and O–H groups in total. The lowest BCUT2D eigenvalue weighted by atomic mass is 10.5. The van der Waals surface area contributed by atoms with Crippen LogP contribution in [0.5, 0.6) is 0 Å². The van der Waals surface area contributed by atoms with Gasteiger partial charge in [0.2, 0.25) is 0 Å². The zero-order valence-corrected chi connectivity index (χ0v) is 19.6. The first-order valence-electron chi connectivity index (χ1n) is 10.5. The lowest BCUT2D eigenvalue weighted by molar-refractivity contribution is -0.138. The Morgan fingerprint density at radius 1 is 0.727 bits per heavy atom. The van der Waals surface area contributed by atoms with E-state index in [-0.39, 0.29) is 32.7 Å². The predicted molar refractivity (Wildman–Crippen MR) is 117 cm³/mol. The van der Waals surface area contributed by atoms with E-state index in [1.807, 2.05) is 0 Å². The van der Waals surface area contributed by atoms with Crippen LogP contribution in [0.2, 0.25) is 0 Å². The van der Waals surface area contributed by atoms with Crippen LogP contribution in [0, 0.1) is 0 Å². The van der Waals surface area contributed by atoms with Crippen molar-refractivity contribution in [3.63, 3.8) is 0 Å². The number of amides is 1. The second-order valence-electron chi connectivity index (χ2n) is 6.01. The minimum atomic E-state index is -1.76. The summed E-state index contributed by atoms with van der Waals surface area (Å²) in [4.78, 5) is 21.4. The smallest absolute Gasteiger partial charge is 0.450 e. The SMILES string of the molecule is NCCOC(=O)N[S+]([O-])NCCOCCOCCOCCOCCOCCOCCC(=O)O. The number of ether oxygens (including phenoxy) is 7. The minimum Gasteiger partial charge on any atom is -0.573 e. The van der Waals surface area contributed by atoms with Gasteiger partial charge in [0, 0.05) is 6.54 Å². The molecule has 0 rings (SSSR count). The first-order valence-corrected chi connectivity index (χ1v) is 11.7. The van der Waals surface area contributed by atoms with E-state index >= 15 is 0 Å². The van der Waals surface area contributed by atoms with E-state index in [0.717, 1.165) is 0 Å². The van der Waals surface area contributed by atoms with E-state index in [0.29, 0.717) is 72.7 Å². The van der Waals surface area contributed by atoms with Gasteiger partial charge in [-0.1, -0.05) is 0 Å². The van der Waals surface area contributed by atoms with Gasteiger partial charge in [0.1, 0.15) is 6.61 Å². The molecule has 0 saturated carbocycles. The summed E-state index contributed by atoms with van der Waals surface area (Å²) in [5, 5.41) is 8.44. The van der Waals surface area contributed by atoms with Crippen LogP contribution in [0.4, 0.5) is 4.79 Å². The molecule has 1 amide bonds. The van der Waals surface area contributed by atoms with E-state index < -0.39 is 23.6 Å². The van der Waals surface area contributed by atoms with Crippen molar-refractivity contribution in [1.82, 2.24) is 9.44 Å². The standard InChI is InChI=1S/C18H37N3O11S/c19-2-5-32-18(24)21-33(25)20-3-6-27-8-10-29-12-14-31-16-15-30-13-11-28-9-7-26-4-1-17(22)23/h20H,1-16,19H2,(H,21,24)(H,22,23). The molecule has 15 heteroatoms. The van der Waals surface area contributed by atoms with Crippen LogP contribution in [0.25, 0.3) is 0 Å². The maximum Gasteiger partial charge on any atom is 0.450 e. The summed E-state index contributed by atoms with van der Waals surface area (Å²) in [6, 6.07) is 0. The van der Waals surface area contributed by atoms with Crippen LogP contribution in [-0.4, -0.2) is 121 Å². The van der Waals surface area contributed by atoms with Crippen LogP contribution < -0.4 is 15.2 Å². The molecule has 0 saturated heterocycles. The van der Waals surface area contributed by atoms with Gasteiger partial charge in [0.25, 0.3) is 0 Å². The highest BCUT2D eigenvalue weighted by Gasteiger charge is 2.12. The van der Waals surface area contributed by atoms with Gasteiger partial charge in [-0.05, 0) is 0 Å². The number of nitrogens with two attached hydrogens (primary N) is 1. The number of hydrogen-bond acceptors (Lipinski definition) is 12. The fourth-order valence-corrected chi connectivity index (χ4v) is 2.41. The number of carboxylic acid groups (broad SMARTS) is 1. The summed E-state index contributed by atoms with van der Waals surface area (Å²) in [6.45, 7) is 5.09. The van der Waals surface area contributed by atoms with Gasteiger partial charge in [-0.3, -0.25) is 4.79 Å². The van der Waals surface area contributed by atoms with E-state index in [2.05, 4.69) is 14.2 Å². The molecule has 0 heterocycles. The van der Waals surface area contributed by atoms with E-state index in [4.69, 9.17) is 39.3 Å². The largest absolute Gasteiger partial charge is 0.573 e. The molecule has 0 aliphatic carbocycles. The first kappa shape index (κ1) is 31.7. The first-order chi connectivity index (χ1) is 16.1. The summed E-state index contributed by atoms with van der Waals surface area (Å²) in [7, 11) is 0. The lowest BCUT2D eigenvalue weighted by Gasteiger charge is -2.11. The van der Waals surface area contributed by atoms with Gasteiger partial charge >= 0.3 is 12.1 Å². The zero-order chi connectivity index (χ0) is 24.4. The molecule has 0 aliphatic rings. The van der Waals surface area contributed by atoms with Crippen molar-refractivity contribution in [2.24, 2.45) is 5.73 Å². The fourth-order valence-electron chi connectivity index (χ4n) is 1.86. The molecule has 0 bridgehead atoms. The second-order valence-corrected chi connectivity index (χ2v) is 7.04. The van der Waals surface area contributed by atoms with Gasteiger partial charge in [0.15, 0.2) is 11.5 Å². The van der Waals surface area contributed by atoms with E-state index in [1.165, 1.54) is 0 Å². The van der Waals surface area contributed by atoms with Crippen LogP contribution in [0.3, 0.4) is 0 Å². The number of rotatable bonds is 25. The monoisotopic (exact) mass is 503 g/mol. The summed E-state index contributed by atoms with van der Waals surface area (Å²) in [5.74, 6) is -0.886. The molecule has 0 fully saturated rings.